The van der Waals surface area contributed by atoms with E-state index in [0.29, 0.717) is 0 Å². The van der Waals surface area contributed by atoms with Gasteiger partial charge in [0.1, 0.15) is 5.82 Å². The number of hydrogen-bond donors (Lipinski definition) is 2. The second kappa shape index (κ2) is 7.45. The molecule has 24 heavy (non-hydrogen) atoms. The summed E-state index contributed by atoms with van der Waals surface area (Å²) in [4.78, 5) is 24.1. The number of rotatable bonds is 4. The van der Waals surface area contributed by atoms with Crippen LogP contribution in [-0.2, 0) is 4.79 Å². The number of benzene rings is 2. The maximum absolute atomic E-state index is 13.0. The lowest BCUT2D eigenvalue weighted by atomic mass is 10.1. The molecule has 4 nitrogen and oxygen atoms in total. The Balaban J connectivity index is 2.00. The van der Waals surface area contributed by atoms with Crippen LogP contribution in [0.4, 0.5) is 10.1 Å². The zero-order valence-electron chi connectivity index (χ0n) is 13.7. The Morgan fingerprint density at radius 1 is 1.08 bits per heavy atom. The number of halogens is 2. The normalized spacial score (nSPS) is 10.4. The molecule has 0 radical (unpaired) electrons. The molecule has 126 valence electrons. The third-order valence-electron chi connectivity index (χ3n) is 3.53. The van der Waals surface area contributed by atoms with Gasteiger partial charge in [0.15, 0.2) is 0 Å². The lowest BCUT2D eigenvalue weighted by Gasteiger charge is -2.13. The van der Waals surface area contributed by atoms with E-state index < -0.39 is 11.7 Å². The molecule has 2 rings (SSSR count). The van der Waals surface area contributed by atoms with Gasteiger partial charge in [0, 0.05) is 5.69 Å². The molecule has 0 spiro atoms. The molecule has 0 aliphatic rings. The van der Waals surface area contributed by atoms with Crippen LogP contribution < -0.4 is 10.6 Å². The van der Waals surface area contributed by atoms with Gasteiger partial charge in [-0.3, -0.25) is 9.59 Å². The van der Waals surface area contributed by atoms with Crippen LogP contribution in [0.15, 0.2) is 30.3 Å². The summed E-state index contributed by atoms with van der Waals surface area (Å²) in [6.07, 6.45) is 0. The molecule has 0 saturated heterocycles. The number of nitrogens with one attached hydrogen (secondary N) is 2. The van der Waals surface area contributed by atoms with Gasteiger partial charge in [0.05, 0.1) is 17.1 Å². The van der Waals surface area contributed by atoms with E-state index in [2.05, 4.69) is 10.6 Å². The van der Waals surface area contributed by atoms with Gasteiger partial charge in [-0.05, 0) is 50.1 Å². The Labute approximate surface area is 145 Å². The van der Waals surface area contributed by atoms with Crippen LogP contribution in [-0.4, -0.2) is 18.4 Å². The third-order valence-corrected chi connectivity index (χ3v) is 3.84. The Morgan fingerprint density at radius 3 is 2.29 bits per heavy atom. The van der Waals surface area contributed by atoms with Gasteiger partial charge in [-0.1, -0.05) is 29.3 Å². The molecule has 2 amide bonds. The van der Waals surface area contributed by atoms with Crippen LogP contribution in [0, 0.1) is 26.6 Å². The number of amides is 2. The van der Waals surface area contributed by atoms with E-state index >= 15 is 0 Å². The number of anilines is 1. The maximum atomic E-state index is 13.0. The maximum Gasteiger partial charge on any atom is 0.253 e. The molecule has 0 heterocycles. The number of carbonyl (C=O) groups excluding carboxylic acids is 2. The molecule has 0 atom stereocenters. The lowest BCUT2D eigenvalue weighted by Crippen LogP contribution is -2.33. The van der Waals surface area contributed by atoms with Crippen LogP contribution in [0.5, 0.6) is 0 Å². The van der Waals surface area contributed by atoms with E-state index in [4.69, 9.17) is 11.6 Å². The highest BCUT2D eigenvalue weighted by molar-refractivity contribution is 6.33. The van der Waals surface area contributed by atoms with Crippen molar-refractivity contribution in [2.75, 3.05) is 11.9 Å². The SMILES string of the molecule is Cc1cc(C)c(NC(=O)CNC(=O)c2ccc(F)cc2Cl)c(C)c1. The Kier molecular flexibility index (Phi) is 5.57. The minimum absolute atomic E-state index is 0.00173. The molecule has 0 aromatic heterocycles. The molecule has 6 heteroatoms. The van der Waals surface area contributed by atoms with Crippen molar-refractivity contribution in [3.63, 3.8) is 0 Å². The fraction of sp³-hybridized carbons (Fsp3) is 0.222. The smallest absolute Gasteiger partial charge is 0.253 e. The van der Waals surface area contributed by atoms with Crippen molar-refractivity contribution in [3.05, 3.63) is 63.4 Å². The van der Waals surface area contributed by atoms with Crippen LogP contribution >= 0.6 is 11.6 Å². The molecule has 0 saturated carbocycles. The summed E-state index contributed by atoms with van der Waals surface area (Å²) in [6.45, 7) is 5.59. The van der Waals surface area contributed by atoms with Crippen LogP contribution in [0.1, 0.15) is 27.0 Å². The van der Waals surface area contributed by atoms with Gasteiger partial charge in [0.2, 0.25) is 5.91 Å². The van der Waals surface area contributed by atoms with Crippen molar-refractivity contribution in [1.82, 2.24) is 5.32 Å². The molecular formula is C18H18ClFN2O2. The zero-order valence-corrected chi connectivity index (χ0v) is 14.4. The fourth-order valence-electron chi connectivity index (χ4n) is 2.49. The van der Waals surface area contributed by atoms with Crippen molar-refractivity contribution < 1.29 is 14.0 Å². The van der Waals surface area contributed by atoms with Gasteiger partial charge in [-0.2, -0.15) is 0 Å². The Hall–Kier alpha value is -2.40. The first-order valence-electron chi connectivity index (χ1n) is 7.39. The quantitative estimate of drug-likeness (QED) is 0.883. The zero-order chi connectivity index (χ0) is 17.9. The standard InChI is InChI=1S/C18H18ClFN2O2/c1-10-6-11(2)17(12(3)7-10)22-16(23)9-21-18(24)14-5-4-13(20)8-15(14)19/h4-8H,9H2,1-3H3,(H,21,24)(H,22,23). The minimum atomic E-state index is -0.535. The van der Waals surface area contributed by atoms with Crippen molar-refractivity contribution in [2.24, 2.45) is 0 Å². The number of carbonyl (C=O) groups is 2. The van der Waals surface area contributed by atoms with Crippen LogP contribution in [0.3, 0.4) is 0 Å². The average molecular weight is 349 g/mol. The molecule has 2 aromatic rings. The largest absolute Gasteiger partial charge is 0.343 e. The monoisotopic (exact) mass is 348 g/mol. The topological polar surface area (TPSA) is 58.2 Å². The van der Waals surface area contributed by atoms with E-state index in [1.54, 1.807) is 0 Å². The number of hydrogen-bond acceptors (Lipinski definition) is 2. The first-order valence-corrected chi connectivity index (χ1v) is 7.76. The van der Waals surface area contributed by atoms with Crippen molar-refractivity contribution >= 4 is 29.1 Å². The summed E-state index contributed by atoms with van der Waals surface area (Å²) in [5, 5.41) is 5.26. The second-order valence-corrected chi connectivity index (χ2v) is 6.04. The summed E-state index contributed by atoms with van der Waals surface area (Å²) in [5.74, 6) is -1.41. The fourth-order valence-corrected chi connectivity index (χ4v) is 2.74. The van der Waals surface area contributed by atoms with Crippen molar-refractivity contribution in [1.29, 1.82) is 0 Å². The van der Waals surface area contributed by atoms with E-state index in [9.17, 15) is 14.0 Å². The summed E-state index contributed by atoms with van der Waals surface area (Å²) in [7, 11) is 0. The van der Waals surface area contributed by atoms with Crippen LogP contribution in [0.2, 0.25) is 5.02 Å². The molecule has 0 aliphatic carbocycles. The van der Waals surface area contributed by atoms with Gasteiger partial charge in [-0.15, -0.1) is 0 Å². The van der Waals surface area contributed by atoms with Crippen molar-refractivity contribution in [3.8, 4) is 0 Å². The molecule has 0 aliphatic heterocycles. The number of aryl methyl sites for hydroxylation is 3. The van der Waals surface area contributed by atoms with Gasteiger partial charge >= 0.3 is 0 Å². The minimum Gasteiger partial charge on any atom is -0.343 e. The van der Waals surface area contributed by atoms with E-state index in [1.165, 1.54) is 6.07 Å². The highest BCUT2D eigenvalue weighted by Crippen LogP contribution is 2.21. The summed E-state index contributed by atoms with van der Waals surface area (Å²) in [6, 6.07) is 7.41. The molecule has 2 N–H and O–H groups in total. The lowest BCUT2D eigenvalue weighted by molar-refractivity contribution is -0.115. The first kappa shape index (κ1) is 17.9. The molecule has 0 unspecified atom stereocenters. The summed E-state index contributed by atoms with van der Waals surface area (Å²) in [5.41, 5.74) is 3.87. The molecular weight excluding hydrogens is 331 g/mol. The van der Waals surface area contributed by atoms with E-state index in [0.717, 1.165) is 34.5 Å². The second-order valence-electron chi connectivity index (χ2n) is 5.63. The Bertz CT molecular complexity index is 783. The molecule has 0 fully saturated rings. The third kappa shape index (κ3) is 4.32. The average Bonchev–Trinajstić information content (AvgIpc) is 2.48. The van der Waals surface area contributed by atoms with Crippen LogP contribution in [0.25, 0.3) is 0 Å². The first-order chi connectivity index (χ1) is 11.3. The van der Waals surface area contributed by atoms with Gasteiger partial charge in [-0.25, -0.2) is 4.39 Å². The molecule has 0 bridgehead atoms. The summed E-state index contributed by atoms with van der Waals surface area (Å²) < 4.78 is 13.0. The predicted molar refractivity (Wildman–Crippen MR) is 93.0 cm³/mol. The Morgan fingerprint density at radius 2 is 1.71 bits per heavy atom. The summed E-state index contributed by atoms with van der Waals surface area (Å²) >= 11 is 5.82. The van der Waals surface area contributed by atoms with Crippen molar-refractivity contribution in [2.45, 2.75) is 20.8 Å². The highest BCUT2D eigenvalue weighted by Gasteiger charge is 2.13. The predicted octanol–water partition coefficient (Wildman–Crippen LogP) is 3.77. The highest BCUT2D eigenvalue weighted by atomic mass is 35.5. The van der Waals surface area contributed by atoms with E-state index in [-0.39, 0.29) is 23.0 Å². The molecule has 2 aromatic carbocycles. The van der Waals surface area contributed by atoms with Gasteiger partial charge in [0.25, 0.3) is 5.91 Å². The van der Waals surface area contributed by atoms with Gasteiger partial charge < -0.3 is 10.6 Å². The van der Waals surface area contributed by atoms with E-state index in [1.807, 2.05) is 32.9 Å².